The molecule has 2 N–H and O–H groups in total. The number of nitro benzene ring substituents is 1. The highest BCUT2D eigenvalue weighted by atomic mass is 35.5. The Morgan fingerprint density at radius 3 is 2.50 bits per heavy atom. The number of carbonyl (C=O) groups excluding carboxylic acids is 1. The fourth-order valence-corrected chi connectivity index (χ4v) is 0.929. The lowest BCUT2D eigenvalue weighted by atomic mass is 10.2. The van der Waals surface area contributed by atoms with Crippen molar-refractivity contribution in [1.82, 2.24) is 0 Å². The van der Waals surface area contributed by atoms with Gasteiger partial charge < -0.3 is 5.73 Å². The fourth-order valence-electron chi connectivity index (χ4n) is 0.743. The number of rotatable bonds is 2. The molecule has 1 aromatic rings. The van der Waals surface area contributed by atoms with Gasteiger partial charge in [0.2, 0.25) is 0 Å². The van der Waals surface area contributed by atoms with Crippen LogP contribution in [0.2, 0.25) is 5.02 Å². The predicted molar refractivity (Wildman–Crippen MR) is 53.6 cm³/mol. The van der Waals surface area contributed by atoms with E-state index in [-0.39, 0.29) is 16.3 Å². The van der Waals surface area contributed by atoms with Crippen LogP contribution in [0.25, 0.3) is 0 Å². The molecule has 0 aliphatic rings. The van der Waals surface area contributed by atoms with Crippen molar-refractivity contribution in [3.05, 3.63) is 38.9 Å². The normalized spacial score (nSPS) is 8.50. The molecule has 76 valence electrons. The van der Waals surface area contributed by atoms with Gasteiger partial charge in [0.25, 0.3) is 5.69 Å². The molecule has 0 aliphatic carbocycles. The summed E-state index contributed by atoms with van der Waals surface area (Å²) in [6.07, 6.45) is 0.531. The summed E-state index contributed by atoms with van der Waals surface area (Å²) in [5, 5.41) is 10.3. The van der Waals surface area contributed by atoms with E-state index in [4.69, 9.17) is 11.6 Å². The Bertz CT molecular complexity index is 341. The second kappa shape index (κ2) is 6.06. The number of nitrogens with two attached hydrogens (primary N) is 1. The Kier molecular flexibility index (Phi) is 5.43. The van der Waals surface area contributed by atoms with E-state index in [2.05, 4.69) is 5.73 Å². The van der Waals surface area contributed by atoms with Crippen LogP contribution in [0.4, 0.5) is 5.69 Å². The van der Waals surface area contributed by atoms with E-state index in [9.17, 15) is 14.9 Å². The molecule has 0 radical (unpaired) electrons. The zero-order valence-electron chi connectivity index (χ0n) is 7.44. The number of carbonyl (C=O) groups is 1. The number of nitrogens with zero attached hydrogens (tertiary/aromatic N) is 1. The Hall–Kier alpha value is -1.46. The van der Waals surface area contributed by atoms with Gasteiger partial charge in [-0.15, -0.1) is 0 Å². The Labute approximate surface area is 85.6 Å². The van der Waals surface area contributed by atoms with Crippen molar-refractivity contribution in [3.8, 4) is 0 Å². The molecule has 0 aromatic heterocycles. The highest BCUT2D eigenvalue weighted by molar-refractivity contribution is 6.32. The topological polar surface area (TPSA) is 86.2 Å². The summed E-state index contributed by atoms with van der Waals surface area (Å²) in [5.74, 6) is 0. The molecule has 0 saturated heterocycles. The second-order valence-corrected chi connectivity index (χ2v) is 2.49. The van der Waals surface area contributed by atoms with Crippen molar-refractivity contribution >= 4 is 23.6 Å². The van der Waals surface area contributed by atoms with Gasteiger partial charge in [0.1, 0.15) is 11.3 Å². The quantitative estimate of drug-likeness (QED) is 0.463. The van der Waals surface area contributed by atoms with Crippen molar-refractivity contribution in [1.29, 1.82) is 0 Å². The number of aldehydes is 1. The lowest BCUT2D eigenvalue weighted by Gasteiger charge is -1.94. The van der Waals surface area contributed by atoms with Crippen LogP contribution in [-0.4, -0.2) is 18.3 Å². The van der Waals surface area contributed by atoms with E-state index in [0.717, 1.165) is 6.07 Å². The summed E-state index contributed by atoms with van der Waals surface area (Å²) in [6, 6.07) is 3.88. The smallest absolute Gasteiger partial charge is 0.288 e. The van der Waals surface area contributed by atoms with Gasteiger partial charge in [-0.1, -0.05) is 11.6 Å². The van der Waals surface area contributed by atoms with Gasteiger partial charge in [0, 0.05) is 11.6 Å². The van der Waals surface area contributed by atoms with Crippen molar-refractivity contribution in [2.45, 2.75) is 0 Å². The van der Waals surface area contributed by atoms with Crippen LogP contribution in [0, 0.1) is 10.1 Å². The first-order chi connectivity index (χ1) is 6.65. The zero-order chi connectivity index (χ0) is 11.1. The summed E-state index contributed by atoms with van der Waals surface area (Å²) in [7, 11) is 1.50. The Morgan fingerprint density at radius 2 is 2.07 bits per heavy atom. The molecule has 0 fully saturated rings. The summed E-state index contributed by atoms with van der Waals surface area (Å²) in [6.45, 7) is 0. The van der Waals surface area contributed by atoms with Crippen molar-refractivity contribution in [2.24, 2.45) is 5.73 Å². The summed E-state index contributed by atoms with van der Waals surface area (Å²) >= 11 is 5.49. The zero-order valence-corrected chi connectivity index (χ0v) is 8.19. The second-order valence-electron chi connectivity index (χ2n) is 2.09. The maximum absolute atomic E-state index is 10.3. The molecule has 0 atom stereocenters. The van der Waals surface area contributed by atoms with Crippen molar-refractivity contribution in [2.75, 3.05) is 7.05 Å². The minimum atomic E-state index is -0.630. The molecule has 5 nitrogen and oxygen atoms in total. The van der Waals surface area contributed by atoms with Crippen LogP contribution in [0.15, 0.2) is 18.2 Å². The number of halogens is 1. The van der Waals surface area contributed by atoms with Crippen LogP contribution in [-0.2, 0) is 0 Å². The molecule has 0 amide bonds. The minimum absolute atomic E-state index is 0.0330. The highest BCUT2D eigenvalue weighted by Crippen LogP contribution is 2.24. The van der Waals surface area contributed by atoms with Gasteiger partial charge in [-0.25, -0.2) is 0 Å². The predicted octanol–water partition coefficient (Wildman–Crippen LogP) is 1.64. The van der Waals surface area contributed by atoms with Crippen LogP contribution < -0.4 is 5.73 Å². The van der Waals surface area contributed by atoms with Gasteiger partial charge in [-0.2, -0.15) is 0 Å². The lowest BCUT2D eigenvalue weighted by Crippen LogP contribution is -1.90. The van der Waals surface area contributed by atoms with Crippen molar-refractivity contribution < 1.29 is 9.72 Å². The monoisotopic (exact) mass is 216 g/mol. The molecular weight excluding hydrogens is 208 g/mol. The summed E-state index contributed by atoms with van der Waals surface area (Å²) < 4.78 is 0. The molecule has 0 saturated carbocycles. The average molecular weight is 217 g/mol. The molecule has 1 aromatic carbocycles. The molecule has 0 unspecified atom stereocenters. The van der Waals surface area contributed by atoms with Gasteiger partial charge in [-0.3, -0.25) is 14.9 Å². The van der Waals surface area contributed by atoms with Gasteiger partial charge in [0.15, 0.2) is 0 Å². The molecule has 0 heterocycles. The molecule has 0 aliphatic heterocycles. The van der Waals surface area contributed by atoms with E-state index in [0.29, 0.717) is 6.29 Å². The number of hydrogen-bond acceptors (Lipinski definition) is 4. The minimum Gasteiger partial charge on any atom is -0.333 e. The SMILES string of the molecule is CN.O=Cc1ccc(Cl)c([N+](=O)[O-])c1. The third-order valence-electron chi connectivity index (χ3n) is 1.30. The molecular formula is C8H9ClN2O3. The van der Waals surface area contributed by atoms with Crippen LogP contribution in [0.5, 0.6) is 0 Å². The maximum atomic E-state index is 10.3. The molecule has 0 spiro atoms. The third-order valence-corrected chi connectivity index (χ3v) is 1.62. The number of hydrogen-bond donors (Lipinski definition) is 1. The van der Waals surface area contributed by atoms with Crippen LogP contribution in [0.3, 0.4) is 0 Å². The highest BCUT2D eigenvalue weighted by Gasteiger charge is 2.11. The molecule has 6 heteroatoms. The largest absolute Gasteiger partial charge is 0.333 e. The van der Waals surface area contributed by atoms with E-state index in [1.807, 2.05) is 0 Å². The number of benzene rings is 1. The van der Waals surface area contributed by atoms with Crippen LogP contribution in [0.1, 0.15) is 10.4 Å². The molecule has 0 bridgehead atoms. The molecule has 14 heavy (non-hydrogen) atoms. The first-order valence-electron chi connectivity index (χ1n) is 3.62. The maximum Gasteiger partial charge on any atom is 0.288 e. The van der Waals surface area contributed by atoms with Gasteiger partial charge in [0.05, 0.1) is 4.92 Å². The average Bonchev–Trinajstić information content (AvgIpc) is 2.21. The van der Waals surface area contributed by atoms with Gasteiger partial charge in [-0.05, 0) is 19.2 Å². The first kappa shape index (κ1) is 12.5. The van der Waals surface area contributed by atoms with E-state index in [1.165, 1.54) is 19.2 Å². The lowest BCUT2D eigenvalue weighted by molar-refractivity contribution is -0.384. The van der Waals surface area contributed by atoms with Crippen LogP contribution >= 0.6 is 11.6 Å². The molecule has 1 rings (SSSR count). The standard InChI is InChI=1S/C7H4ClNO3.CH5N/c8-6-2-1-5(4-10)3-7(6)9(11)12;1-2/h1-4H;2H2,1H3. The van der Waals surface area contributed by atoms with Gasteiger partial charge >= 0.3 is 0 Å². The number of nitro groups is 1. The van der Waals surface area contributed by atoms with E-state index in [1.54, 1.807) is 0 Å². The van der Waals surface area contributed by atoms with Crippen molar-refractivity contribution in [3.63, 3.8) is 0 Å². The summed E-state index contributed by atoms with van der Waals surface area (Å²) in [5.41, 5.74) is 4.49. The third kappa shape index (κ3) is 3.12. The Morgan fingerprint density at radius 1 is 1.50 bits per heavy atom. The Balaban J connectivity index is 0.000000791. The summed E-state index contributed by atoms with van der Waals surface area (Å²) in [4.78, 5) is 19.9. The first-order valence-corrected chi connectivity index (χ1v) is 4.00. The fraction of sp³-hybridized carbons (Fsp3) is 0.125. The van der Waals surface area contributed by atoms with E-state index < -0.39 is 4.92 Å². The van der Waals surface area contributed by atoms with E-state index >= 15 is 0 Å².